The summed E-state index contributed by atoms with van der Waals surface area (Å²) in [4.78, 5) is 29.6. The number of nitrogens with zero attached hydrogens (tertiary/aromatic N) is 3. The number of hydrogen-bond donors (Lipinski definition) is 0. The maximum Gasteiger partial charge on any atom is 0.250 e. The lowest BCUT2D eigenvalue weighted by Crippen LogP contribution is -2.51. The molecule has 0 radical (unpaired) electrons. The van der Waals surface area contributed by atoms with E-state index in [2.05, 4.69) is 17.0 Å². The number of pyridine rings is 1. The molecule has 6 nitrogen and oxygen atoms in total. The average molecular weight is 396 g/mol. The Morgan fingerprint density at radius 1 is 1.00 bits per heavy atom. The maximum atomic E-state index is 13.2. The molecule has 6 heteroatoms. The highest BCUT2D eigenvalue weighted by Crippen LogP contribution is 2.31. The van der Waals surface area contributed by atoms with Gasteiger partial charge in [0, 0.05) is 38.3 Å². The van der Waals surface area contributed by atoms with E-state index in [1.807, 2.05) is 29.2 Å². The van der Waals surface area contributed by atoms with E-state index in [9.17, 15) is 9.59 Å². The summed E-state index contributed by atoms with van der Waals surface area (Å²) in [5, 5.41) is 0. The number of aryl methyl sites for hydroxylation is 1. The molecule has 2 aromatic rings. The van der Waals surface area contributed by atoms with Gasteiger partial charge in [-0.1, -0.05) is 36.4 Å². The Balaban J connectivity index is 1.51. The number of aromatic nitrogens is 1. The van der Waals surface area contributed by atoms with Gasteiger partial charge in [0.25, 0.3) is 5.56 Å². The molecule has 29 heavy (non-hydrogen) atoms. The van der Waals surface area contributed by atoms with Crippen LogP contribution in [0.1, 0.15) is 30.9 Å². The molecule has 2 aliphatic rings. The SMILES string of the molecule is O=C(CCn1ccccc1=O)N1CCO[C@@H](CN2CCCC2)[C@@H]1c1ccccc1. The Bertz CT molecular complexity index is 861. The molecular formula is C23H29N3O3. The van der Waals surface area contributed by atoms with Gasteiger partial charge in [-0.2, -0.15) is 0 Å². The average Bonchev–Trinajstić information content (AvgIpc) is 3.26. The van der Waals surface area contributed by atoms with Gasteiger partial charge in [0.15, 0.2) is 0 Å². The predicted octanol–water partition coefficient (Wildman–Crippen LogP) is 2.30. The van der Waals surface area contributed by atoms with E-state index in [1.54, 1.807) is 16.8 Å². The van der Waals surface area contributed by atoms with Gasteiger partial charge in [-0.05, 0) is 37.6 Å². The summed E-state index contributed by atoms with van der Waals surface area (Å²) in [6.45, 7) is 4.59. The van der Waals surface area contributed by atoms with Crippen LogP contribution in [0.3, 0.4) is 0 Å². The van der Waals surface area contributed by atoms with Gasteiger partial charge >= 0.3 is 0 Å². The minimum Gasteiger partial charge on any atom is -0.373 e. The van der Waals surface area contributed by atoms with Crippen LogP contribution < -0.4 is 5.56 Å². The molecule has 0 saturated carbocycles. The van der Waals surface area contributed by atoms with Crippen molar-refractivity contribution < 1.29 is 9.53 Å². The summed E-state index contributed by atoms with van der Waals surface area (Å²) >= 11 is 0. The van der Waals surface area contributed by atoms with Gasteiger partial charge in [-0.15, -0.1) is 0 Å². The highest BCUT2D eigenvalue weighted by molar-refractivity contribution is 5.77. The minimum absolute atomic E-state index is 0.0346. The van der Waals surface area contributed by atoms with Crippen LogP contribution in [0, 0.1) is 0 Å². The summed E-state index contributed by atoms with van der Waals surface area (Å²) in [5.74, 6) is 0.0735. The van der Waals surface area contributed by atoms with E-state index in [0.29, 0.717) is 26.1 Å². The third-order valence-corrected chi connectivity index (χ3v) is 5.92. The number of carbonyl (C=O) groups is 1. The molecular weight excluding hydrogens is 366 g/mol. The highest BCUT2D eigenvalue weighted by atomic mass is 16.5. The normalized spacial score (nSPS) is 22.7. The van der Waals surface area contributed by atoms with Gasteiger partial charge in [0.05, 0.1) is 18.8 Å². The Kier molecular flexibility index (Phi) is 6.42. The van der Waals surface area contributed by atoms with Crippen molar-refractivity contribution in [3.05, 3.63) is 70.6 Å². The van der Waals surface area contributed by atoms with Crippen LogP contribution in [0.5, 0.6) is 0 Å². The van der Waals surface area contributed by atoms with Crippen LogP contribution in [-0.4, -0.2) is 59.2 Å². The van der Waals surface area contributed by atoms with Crippen LogP contribution in [0.25, 0.3) is 0 Å². The lowest BCUT2D eigenvalue weighted by atomic mass is 9.97. The lowest BCUT2D eigenvalue weighted by Gasteiger charge is -2.43. The number of benzene rings is 1. The second-order valence-corrected chi connectivity index (χ2v) is 7.84. The lowest BCUT2D eigenvalue weighted by molar-refractivity contribution is -0.148. The van der Waals surface area contributed by atoms with Crippen LogP contribution in [-0.2, 0) is 16.1 Å². The predicted molar refractivity (Wildman–Crippen MR) is 112 cm³/mol. The van der Waals surface area contributed by atoms with Gasteiger partial charge in [0.1, 0.15) is 0 Å². The third kappa shape index (κ3) is 4.77. The molecule has 0 unspecified atom stereocenters. The number of rotatable bonds is 6. The zero-order valence-electron chi connectivity index (χ0n) is 16.8. The van der Waals surface area contributed by atoms with E-state index in [-0.39, 0.29) is 23.6 Å². The molecule has 0 aliphatic carbocycles. The van der Waals surface area contributed by atoms with Crippen LogP contribution in [0.4, 0.5) is 0 Å². The fourth-order valence-corrected chi connectivity index (χ4v) is 4.44. The first-order chi connectivity index (χ1) is 14.2. The Hall–Kier alpha value is -2.44. The monoisotopic (exact) mass is 395 g/mol. The topological polar surface area (TPSA) is 54.8 Å². The number of amides is 1. The zero-order chi connectivity index (χ0) is 20.1. The van der Waals surface area contributed by atoms with Crippen molar-refractivity contribution in [2.45, 2.75) is 38.0 Å². The molecule has 4 rings (SSSR count). The van der Waals surface area contributed by atoms with Crippen LogP contribution in [0.15, 0.2) is 59.5 Å². The summed E-state index contributed by atoms with van der Waals surface area (Å²) in [5.41, 5.74) is 1.04. The van der Waals surface area contributed by atoms with Crippen molar-refractivity contribution in [1.82, 2.24) is 14.4 Å². The first-order valence-electron chi connectivity index (χ1n) is 10.6. The van der Waals surface area contributed by atoms with Crippen molar-refractivity contribution in [2.24, 2.45) is 0 Å². The quantitative estimate of drug-likeness (QED) is 0.753. The number of morpholine rings is 1. The van der Waals surface area contributed by atoms with Crippen molar-refractivity contribution in [3.8, 4) is 0 Å². The highest BCUT2D eigenvalue weighted by Gasteiger charge is 2.37. The van der Waals surface area contributed by atoms with E-state index in [1.165, 1.54) is 18.9 Å². The smallest absolute Gasteiger partial charge is 0.250 e. The van der Waals surface area contributed by atoms with E-state index >= 15 is 0 Å². The maximum absolute atomic E-state index is 13.2. The zero-order valence-corrected chi connectivity index (χ0v) is 16.8. The summed E-state index contributed by atoms with van der Waals surface area (Å²) in [6, 6.07) is 15.2. The molecule has 2 atom stereocenters. The third-order valence-electron chi connectivity index (χ3n) is 5.92. The fraction of sp³-hybridized carbons (Fsp3) is 0.478. The number of likely N-dealkylation sites (tertiary alicyclic amines) is 1. The standard InChI is InChI=1S/C23H29N3O3/c27-21-10-4-5-14-25(21)15-11-22(28)26-16-17-29-20(18-24-12-6-7-13-24)23(26)19-8-2-1-3-9-19/h1-5,8-10,14,20,23H,6-7,11-13,15-18H2/t20-,23-/m0/s1. The summed E-state index contributed by atoms with van der Waals surface area (Å²) in [7, 11) is 0. The van der Waals surface area contributed by atoms with Crippen molar-refractivity contribution in [1.29, 1.82) is 0 Å². The Labute approximate surface area is 171 Å². The first-order valence-corrected chi connectivity index (χ1v) is 10.6. The van der Waals surface area contributed by atoms with Gasteiger partial charge in [-0.25, -0.2) is 0 Å². The number of carbonyl (C=O) groups excluding carboxylic acids is 1. The Morgan fingerprint density at radius 2 is 1.76 bits per heavy atom. The second-order valence-electron chi connectivity index (χ2n) is 7.84. The molecule has 1 aromatic heterocycles. The molecule has 1 aromatic carbocycles. The molecule has 2 saturated heterocycles. The molecule has 1 amide bonds. The largest absolute Gasteiger partial charge is 0.373 e. The van der Waals surface area contributed by atoms with Crippen molar-refractivity contribution in [3.63, 3.8) is 0 Å². The summed E-state index contributed by atoms with van der Waals surface area (Å²) in [6.07, 6.45) is 4.48. The number of ether oxygens (including phenoxy) is 1. The Morgan fingerprint density at radius 3 is 2.52 bits per heavy atom. The van der Waals surface area contributed by atoms with E-state index in [0.717, 1.165) is 25.2 Å². The molecule has 154 valence electrons. The molecule has 0 N–H and O–H groups in total. The number of hydrogen-bond acceptors (Lipinski definition) is 4. The second kappa shape index (κ2) is 9.37. The van der Waals surface area contributed by atoms with E-state index < -0.39 is 0 Å². The van der Waals surface area contributed by atoms with E-state index in [4.69, 9.17) is 4.74 Å². The molecule has 0 spiro atoms. The van der Waals surface area contributed by atoms with Gasteiger partial charge in [-0.3, -0.25) is 9.59 Å². The fourth-order valence-electron chi connectivity index (χ4n) is 4.44. The molecule has 0 bridgehead atoms. The minimum atomic E-state index is -0.0921. The van der Waals surface area contributed by atoms with Crippen LogP contribution >= 0.6 is 0 Å². The van der Waals surface area contributed by atoms with Crippen LogP contribution in [0.2, 0.25) is 0 Å². The van der Waals surface area contributed by atoms with Crippen molar-refractivity contribution in [2.75, 3.05) is 32.8 Å². The summed E-state index contributed by atoms with van der Waals surface area (Å²) < 4.78 is 7.77. The molecule has 2 aliphatic heterocycles. The van der Waals surface area contributed by atoms with Gasteiger partial charge in [0.2, 0.25) is 5.91 Å². The van der Waals surface area contributed by atoms with Crippen molar-refractivity contribution >= 4 is 5.91 Å². The molecule has 3 heterocycles. The molecule has 2 fully saturated rings. The van der Waals surface area contributed by atoms with Gasteiger partial charge < -0.3 is 19.1 Å². The first kappa shape index (κ1) is 19.9.